The second kappa shape index (κ2) is 13.5. The number of primary amides is 1. The minimum atomic E-state index is -0.630. The Bertz CT molecular complexity index is 1260. The van der Waals surface area contributed by atoms with Gasteiger partial charge in [0.2, 0.25) is 0 Å². The van der Waals surface area contributed by atoms with Gasteiger partial charge in [-0.05, 0) is 54.7 Å². The molecule has 3 aromatic carbocycles. The first-order valence-corrected chi connectivity index (χ1v) is 12.0. The quantitative estimate of drug-likeness (QED) is 0.253. The monoisotopic (exact) mass is 521 g/mol. The third-order valence-electron chi connectivity index (χ3n) is 6.05. The van der Waals surface area contributed by atoms with E-state index in [1.54, 1.807) is 17.7 Å². The van der Waals surface area contributed by atoms with Crippen molar-refractivity contribution in [2.45, 2.75) is 31.9 Å². The molecule has 194 valence electrons. The lowest BCUT2D eigenvalue weighted by atomic mass is 10.0. The van der Waals surface area contributed by atoms with Crippen LogP contribution in [0.15, 0.2) is 91.4 Å². The summed E-state index contributed by atoms with van der Waals surface area (Å²) in [5, 5.41) is 10.3. The van der Waals surface area contributed by atoms with E-state index >= 15 is 0 Å². The fraction of sp³-hybridized carbons (Fsp3) is 0.241. The van der Waals surface area contributed by atoms with Crippen LogP contribution < -0.4 is 15.2 Å². The zero-order valence-electron chi connectivity index (χ0n) is 20.7. The highest BCUT2D eigenvalue weighted by molar-refractivity contribution is 5.90. The van der Waals surface area contributed by atoms with Gasteiger partial charge in [0, 0.05) is 6.20 Å². The number of imidazole rings is 1. The van der Waals surface area contributed by atoms with Crippen LogP contribution in [0.3, 0.4) is 0 Å². The predicted octanol–water partition coefficient (Wildman–Crippen LogP) is 5.08. The van der Waals surface area contributed by atoms with Crippen LogP contribution >= 0.6 is 12.4 Å². The van der Waals surface area contributed by atoms with Gasteiger partial charge in [-0.25, -0.2) is 4.98 Å². The van der Waals surface area contributed by atoms with Crippen molar-refractivity contribution < 1.29 is 19.4 Å². The topological polar surface area (TPSA) is 99.6 Å². The number of aromatic nitrogens is 2. The summed E-state index contributed by atoms with van der Waals surface area (Å²) in [6.07, 6.45) is 3.79. The maximum Gasteiger partial charge on any atom is 0.268 e. The van der Waals surface area contributed by atoms with E-state index in [4.69, 9.17) is 15.2 Å². The highest BCUT2D eigenvalue weighted by Crippen LogP contribution is 2.25. The summed E-state index contributed by atoms with van der Waals surface area (Å²) < 4.78 is 13.6. The van der Waals surface area contributed by atoms with Crippen molar-refractivity contribution in [1.82, 2.24) is 9.55 Å². The number of halogens is 1. The normalized spacial score (nSPS) is 12.3. The van der Waals surface area contributed by atoms with E-state index in [0.29, 0.717) is 26.1 Å². The molecule has 0 aliphatic heterocycles. The number of benzene rings is 3. The van der Waals surface area contributed by atoms with Gasteiger partial charge in [-0.15, -0.1) is 12.4 Å². The summed E-state index contributed by atoms with van der Waals surface area (Å²) in [6.45, 7) is 2.54. The average molecular weight is 522 g/mol. The Balaban J connectivity index is 0.00000380. The zero-order valence-corrected chi connectivity index (χ0v) is 21.5. The van der Waals surface area contributed by atoms with Crippen LogP contribution in [-0.2, 0) is 6.42 Å². The fourth-order valence-corrected chi connectivity index (χ4v) is 4.12. The van der Waals surface area contributed by atoms with E-state index in [9.17, 15) is 9.90 Å². The number of amides is 1. The van der Waals surface area contributed by atoms with Crippen molar-refractivity contribution in [2.75, 3.05) is 13.2 Å². The van der Waals surface area contributed by atoms with Crippen LogP contribution in [0.5, 0.6) is 11.5 Å². The molecule has 0 saturated heterocycles. The molecule has 0 unspecified atom stereocenters. The van der Waals surface area contributed by atoms with Crippen molar-refractivity contribution in [3.8, 4) is 22.6 Å². The van der Waals surface area contributed by atoms with Crippen molar-refractivity contribution in [3.63, 3.8) is 0 Å². The zero-order chi connectivity index (χ0) is 25.3. The molecule has 0 aliphatic rings. The van der Waals surface area contributed by atoms with Gasteiger partial charge in [0.15, 0.2) is 0 Å². The van der Waals surface area contributed by atoms with Crippen molar-refractivity contribution >= 4 is 18.3 Å². The Kier molecular flexibility index (Phi) is 10.1. The summed E-state index contributed by atoms with van der Waals surface area (Å²) in [6, 6.07) is 25.8. The van der Waals surface area contributed by atoms with E-state index in [1.165, 1.54) is 11.9 Å². The summed E-state index contributed by atoms with van der Waals surface area (Å²) in [5.41, 5.74) is 8.84. The molecule has 0 bridgehead atoms. The largest absolute Gasteiger partial charge is 0.490 e. The third-order valence-corrected chi connectivity index (χ3v) is 6.05. The summed E-state index contributed by atoms with van der Waals surface area (Å²) in [7, 11) is 0. The number of aliphatic hydroxyl groups excluding tert-OH is 1. The first-order valence-electron chi connectivity index (χ1n) is 12.0. The molecular formula is C29H32ClN3O4. The molecule has 1 amide bonds. The molecule has 0 fully saturated rings. The fourth-order valence-electron chi connectivity index (χ4n) is 4.12. The number of aliphatic hydroxyl groups is 1. The minimum Gasteiger partial charge on any atom is -0.490 e. The predicted molar refractivity (Wildman–Crippen MR) is 146 cm³/mol. The number of ether oxygens (including phenoxy) is 2. The lowest BCUT2D eigenvalue weighted by Gasteiger charge is -2.22. The van der Waals surface area contributed by atoms with Gasteiger partial charge in [0.05, 0.1) is 18.5 Å². The molecule has 8 heteroatoms. The molecule has 0 saturated carbocycles. The van der Waals surface area contributed by atoms with Gasteiger partial charge in [-0.3, -0.25) is 4.79 Å². The van der Waals surface area contributed by atoms with E-state index in [1.807, 2.05) is 66.7 Å². The van der Waals surface area contributed by atoms with Gasteiger partial charge in [-0.2, -0.15) is 0 Å². The van der Waals surface area contributed by atoms with Gasteiger partial charge in [-0.1, -0.05) is 60.7 Å². The lowest BCUT2D eigenvalue weighted by molar-refractivity contribution is 0.0994. The maximum atomic E-state index is 11.4. The Morgan fingerprint density at radius 3 is 2.27 bits per heavy atom. The maximum absolute atomic E-state index is 11.4. The second-order valence-corrected chi connectivity index (χ2v) is 8.61. The first-order chi connectivity index (χ1) is 17.5. The van der Waals surface area contributed by atoms with E-state index in [2.05, 4.69) is 17.1 Å². The number of rotatable bonds is 12. The Morgan fingerprint density at radius 2 is 1.59 bits per heavy atom. The molecular weight excluding hydrogens is 490 g/mol. The van der Waals surface area contributed by atoms with Gasteiger partial charge in [0.1, 0.15) is 30.4 Å². The molecule has 1 heterocycles. The number of hydrogen-bond donors (Lipinski definition) is 2. The van der Waals surface area contributed by atoms with Crippen LogP contribution in [0.2, 0.25) is 0 Å². The highest BCUT2D eigenvalue weighted by atomic mass is 35.5. The number of aryl methyl sites for hydroxylation is 1. The van der Waals surface area contributed by atoms with Crippen molar-refractivity contribution in [2.24, 2.45) is 5.73 Å². The summed E-state index contributed by atoms with van der Waals surface area (Å²) >= 11 is 0. The van der Waals surface area contributed by atoms with Crippen LogP contribution in [0, 0.1) is 0 Å². The van der Waals surface area contributed by atoms with Crippen LogP contribution in [0.4, 0.5) is 0 Å². The highest BCUT2D eigenvalue weighted by Gasteiger charge is 2.19. The van der Waals surface area contributed by atoms with Crippen molar-refractivity contribution in [3.05, 3.63) is 103 Å². The number of nitrogens with two attached hydrogens (primary N) is 1. The summed E-state index contributed by atoms with van der Waals surface area (Å²) in [5.74, 6) is 0.988. The van der Waals surface area contributed by atoms with Crippen LogP contribution in [0.1, 0.15) is 35.4 Å². The standard InChI is InChI=1S/C29H31N3O4.ClH/c1-21(33)27(32-19-26(29(30)34)31-20-32)16-13-24-9-5-6-10-28(24)36-18-17-35-25-14-11-23(12-15-25)22-7-3-2-4-8-22;/h2-12,14-15,19-21,27,33H,13,16-18H2,1H3,(H2,30,34);1H/t21-,27+;/m0./s1. The number of carbonyl (C=O) groups is 1. The second-order valence-electron chi connectivity index (χ2n) is 8.61. The molecule has 3 N–H and O–H groups in total. The minimum absolute atomic E-state index is 0. The number of carbonyl (C=O) groups excluding carboxylic acids is 1. The van der Waals surface area contributed by atoms with Crippen molar-refractivity contribution in [1.29, 1.82) is 0 Å². The molecule has 37 heavy (non-hydrogen) atoms. The van der Waals surface area contributed by atoms with Crippen LogP contribution in [0.25, 0.3) is 11.1 Å². The number of hydrogen-bond acceptors (Lipinski definition) is 5. The number of nitrogens with zero attached hydrogens (tertiary/aromatic N) is 2. The Labute approximate surface area is 223 Å². The Morgan fingerprint density at radius 1 is 0.946 bits per heavy atom. The van der Waals surface area contributed by atoms with E-state index in [-0.39, 0.29) is 24.1 Å². The van der Waals surface area contributed by atoms with Gasteiger partial charge in [0.25, 0.3) is 5.91 Å². The SMILES string of the molecule is C[C@H](O)[C@@H](CCc1ccccc1OCCOc1ccc(-c2ccccc2)cc1)n1cnc(C(N)=O)c1.Cl. The molecule has 0 spiro atoms. The van der Waals surface area contributed by atoms with Crippen LogP contribution in [-0.4, -0.2) is 39.9 Å². The number of para-hydroxylation sites is 1. The van der Waals surface area contributed by atoms with E-state index < -0.39 is 12.0 Å². The van der Waals surface area contributed by atoms with Gasteiger partial charge < -0.3 is 24.9 Å². The average Bonchev–Trinajstić information content (AvgIpc) is 3.38. The Hall–Kier alpha value is -3.81. The smallest absolute Gasteiger partial charge is 0.268 e. The summed E-state index contributed by atoms with van der Waals surface area (Å²) in [4.78, 5) is 15.4. The molecule has 0 radical (unpaired) electrons. The van der Waals surface area contributed by atoms with E-state index in [0.717, 1.165) is 22.6 Å². The van der Waals surface area contributed by atoms with Gasteiger partial charge >= 0.3 is 0 Å². The molecule has 4 rings (SSSR count). The first kappa shape index (κ1) is 27.8. The third kappa shape index (κ3) is 7.59. The molecule has 7 nitrogen and oxygen atoms in total. The molecule has 4 aromatic rings. The molecule has 1 aromatic heterocycles. The molecule has 0 aliphatic carbocycles. The molecule has 2 atom stereocenters. The lowest BCUT2D eigenvalue weighted by Crippen LogP contribution is -2.21.